The van der Waals surface area contributed by atoms with Gasteiger partial charge in [-0.3, -0.25) is 14.1 Å². The molecule has 5 fully saturated rings. The number of aromatic nitrogens is 4. The molecule has 0 bridgehead atoms. The number of hydrogen-bond donors (Lipinski definition) is 5. The maximum absolute atomic E-state index is 17.4. The van der Waals surface area contributed by atoms with Crippen molar-refractivity contribution in [3.63, 3.8) is 0 Å². The number of aromatic amines is 1. The van der Waals surface area contributed by atoms with Crippen LogP contribution in [0.1, 0.15) is 130 Å². The van der Waals surface area contributed by atoms with Crippen LogP contribution in [0.3, 0.4) is 0 Å². The van der Waals surface area contributed by atoms with Crippen molar-refractivity contribution in [3.05, 3.63) is 118 Å². The molecule has 4 aromatic carbocycles. The average molecular weight is 1250 g/mol. The summed E-state index contributed by atoms with van der Waals surface area (Å²) in [5, 5.41) is 5.27. The highest BCUT2D eigenvalue weighted by atomic mass is 31.2. The van der Waals surface area contributed by atoms with Crippen LogP contribution in [0.2, 0.25) is 0 Å². The minimum atomic E-state index is -5.21. The molecule has 1 saturated carbocycles. The van der Waals surface area contributed by atoms with Gasteiger partial charge < -0.3 is 68.5 Å². The number of nitrogens with zero attached hydrogens (tertiary/aromatic N) is 7. The van der Waals surface area contributed by atoms with Gasteiger partial charge in [-0.25, -0.2) is 46.1 Å². The van der Waals surface area contributed by atoms with E-state index in [1.165, 1.54) is 63.3 Å². The number of carbonyl (C=O) groups is 4. The van der Waals surface area contributed by atoms with Gasteiger partial charge in [0.05, 0.1) is 84.1 Å². The van der Waals surface area contributed by atoms with Crippen LogP contribution in [-0.2, 0) is 44.4 Å². The zero-order valence-electron chi connectivity index (χ0n) is 49.3. The van der Waals surface area contributed by atoms with Crippen molar-refractivity contribution in [1.29, 1.82) is 0 Å². The number of rotatable bonds is 18. The number of hydrogen-bond acceptors (Lipinski definition) is 14. The van der Waals surface area contributed by atoms with Crippen LogP contribution in [0.15, 0.2) is 60.7 Å². The zero-order valence-corrected chi connectivity index (χ0v) is 50.2. The van der Waals surface area contributed by atoms with Gasteiger partial charge in [-0.05, 0) is 120 Å². The normalized spacial score (nSPS) is 23.4. The highest BCUT2D eigenvalue weighted by molar-refractivity contribution is 7.46. The Hall–Kier alpha value is -7.42. The topological polar surface area (TPSA) is 255 Å². The summed E-state index contributed by atoms with van der Waals surface area (Å²) in [6.07, 6.45) is 0.244. The number of ether oxygens (including phenoxy) is 4. The average Bonchev–Trinajstić information content (AvgIpc) is 1.59. The first-order chi connectivity index (χ1) is 42.1. The van der Waals surface area contributed by atoms with Gasteiger partial charge in [0.1, 0.15) is 47.6 Å². The first kappa shape index (κ1) is 62.2. The Morgan fingerprint density at radius 2 is 1.35 bits per heavy atom. The molecule has 88 heavy (non-hydrogen) atoms. The summed E-state index contributed by atoms with van der Waals surface area (Å²) in [5.41, 5.74) is 0.0515. The van der Waals surface area contributed by atoms with Crippen LogP contribution in [0.25, 0.3) is 22.1 Å². The second-order valence-corrected chi connectivity index (χ2v) is 24.6. The summed E-state index contributed by atoms with van der Waals surface area (Å²) in [7, 11) is 0.00666. The molecule has 472 valence electrons. The second-order valence-electron chi connectivity index (χ2n) is 23.3. The van der Waals surface area contributed by atoms with E-state index in [4.69, 9.17) is 33.4 Å². The molecule has 2 unspecified atom stereocenters. The summed E-state index contributed by atoms with van der Waals surface area (Å²) >= 11 is 0. The summed E-state index contributed by atoms with van der Waals surface area (Å²) in [6, 6.07) is 8.33. The first-order valence-corrected chi connectivity index (χ1v) is 30.8. The fraction of sp³-hybridized carbons (Fsp3) is 0.500. The number of amides is 4. The molecule has 0 radical (unpaired) electrons. The predicted octanol–water partition coefficient (Wildman–Crippen LogP) is 9.38. The number of benzene rings is 4. The highest BCUT2D eigenvalue weighted by Gasteiger charge is 2.66. The van der Waals surface area contributed by atoms with Crippen molar-refractivity contribution in [2.45, 2.75) is 133 Å². The van der Waals surface area contributed by atoms with Crippen molar-refractivity contribution >= 4 is 65.3 Å². The third-order valence-corrected chi connectivity index (χ3v) is 19.1. The summed E-state index contributed by atoms with van der Waals surface area (Å²) in [5.74, 6) is -4.21. The predicted molar refractivity (Wildman–Crippen MR) is 309 cm³/mol. The number of likely N-dealkylation sites (tertiary alicyclic amines) is 2. The minimum absolute atomic E-state index is 0.0183. The molecule has 6 aromatic rings. The number of carbonyl (C=O) groups excluding carboxylic acids is 4. The van der Waals surface area contributed by atoms with Crippen LogP contribution >= 0.6 is 7.82 Å². The van der Waals surface area contributed by atoms with Gasteiger partial charge in [0.2, 0.25) is 11.8 Å². The molecule has 1 aliphatic carbocycles. The molecule has 9 atom stereocenters. The third-order valence-electron chi connectivity index (χ3n) is 18.6. The standard InChI is InChI=1S/C60H70F5N10O12P/c1-31(83-3)52(70-59(79)86-6)56(76)72-19-7-9-48(72)54-66-43-25-37(39(62)27-44(43)67-54)46-15-16-47(75(46)36-23-41(64)53(42(65)24-36)71-21-17-34(18-22-71)33-11-13-35(61)14-12-33)38-26-50-45(28-40(38)63)68-55(74(50)30-87-88(80,81)82)49-10-8-20-73(49)57(77)60(32(2)84-4)29-51(60)69-58(78)85-5/h11-14,23-28,31-32,34,46-49,51-52H,7-10,15-22,29-30H2,1-6H3,(H,66,67)(H,69,78)(H,70,79)(H2,80,81,82)/t31-,32+,46-,47-,48+,49+,51?,52+,60?/m1/s1. The van der Waals surface area contributed by atoms with Gasteiger partial charge in [0, 0.05) is 69.3 Å². The van der Waals surface area contributed by atoms with E-state index in [1.807, 2.05) is 0 Å². The van der Waals surface area contributed by atoms with Gasteiger partial charge in [-0.15, -0.1) is 0 Å². The number of H-pyrrole nitrogens is 1. The number of phosphoric acid groups is 1. The molecule has 28 heteroatoms. The van der Waals surface area contributed by atoms with Gasteiger partial charge in [-0.2, -0.15) is 0 Å². The molecule has 2 aromatic heterocycles. The quantitative estimate of drug-likeness (QED) is 0.0397. The molecular formula is C60H70F5N10O12P. The minimum Gasteiger partial charge on any atom is -0.453 e. The Bertz CT molecular complexity index is 3670. The smallest absolute Gasteiger partial charge is 0.453 e. The molecular weight excluding hydrogens is 1180 g/mol. The number of alkyl carbamates (subject to hydrolysis) is 2. The lowest BCUT2D eigenvalue weighted by Gasteiger charge is -2.36. The van der Waals surface area contributed by atoms with Crippen molar-refractivity contribution < 1.29 is 79.0 Å². The number of halogens is 5. The number of methoxy groups -OCH3 is 4. The molecule has 5 aliphatic rings. The highest BCUT2D eigenvalue weighted by Crippen LogP contribution is 2.55. The SMILES string of the molecule is COC(=O)NC1CC1(C(=O)N1CCC[C@H]1c1nc2cc(F)c([C@H]3CC[C@H](c4cc5[nH]c([C@@H]6CCCN6C(=O)[C@@H](NC(=O)OC)[C@@H](C)OC)nc5cc4F)N3c3cc(F)c(N4CCC(c5ccc(F)cc5)CC4)c(F)c3)cc2n1COP(=O)(O)O)[C@H](C)OC. The second kappa shape index (κ2) is 24.9. The Morgan fingerprint density at radius 1 is 0.727 bits per heavy atom. The maximum atomic E-state index is 17.4. The maximum Gasteiger partial charge on any atom is 0.471 e. The van der Waals surface area contributed by atoms with E-state index in [9.17, 15) is 37.9 Å². The summed E-state index contributed by atoms with van der Waals surface area (Å²) < 4.78 is 122. The van der Waals surface area contributed by atoms with E-state index in [1.54, 1.807) is 45.6 Å². The lowest BCUT2D eigenvalue weighted by atomic mass is 9.89. The number of fused-ring (bicyclic) bond motifs is 2. The Labute approximate surface area is 503 Å². The van der Waals surface area contributed by atoms with Crippen LogP contribution in [0.5, 0.6) is 0 Å². The van der Waals surface area contributed by atoms with E-state index >= 15 is 17.6 Å². The molecule has 11 rings (SSSR count). The molecule has 0 spiro atoms. The van der Waals surface area contributed by atoms with Gasteiger partial charge in [0.15, 0.2) is 11.6 Å². The molecule has 4 saturated heterocycles. The van der Waals surface area contributed by atoms with Crippen LogP contribution in [-0.4, -0.2) is 142 Å². The van der Waals surface area contributed by atoms with Gasteiger partial charge in [-0.1, -0.05) is 12.1 Å². The van der Waals surface area contributed by atoms with Crippen molar-refractivity contribution in [3.8, 4) is 0 Å². The Morgan fingerprint density at radius 3 is 1.98 bits per heavy atom. The molecule has 4 aliphatic heterocycles. The summed E-state index contributed by atoms with van der Waals surface area (Å²) in [4.78, 5) is 92.9. The fourth-order valence-corrected chi connectivity index (χ4v) is 14.1. The van der Waals surface area contributed by atoms with E-state index in [2.05, 4.69) is 15.6 Å². The lowest BCUT2D eigenvalue weighted by molar-refractivity contribution is -0.143. The summed E-state index contributed by atoms with van der Waals surface area (Å²) in [6.45, 7) is 3.58. The lowest BCUT2D eigenvalue weighted by Crippen LogP contribution is -2.54. The molecule has 6 heterocycles. The van der Waals surface area contributed by atoms with E-state index in [0.717, 1.165) is 23.8 Å². The van der Waals surface area contributed by atoms with Gasteiger partial charge in [0.25, 0.3) is 0 Å². The molecule has 22 nitrogen and oxygen atoms in total. The third kappa shape index (κ3) is 11.8. The fourth-order valence-electron chi connectivity index (χ4n) is 13.9. The monoisotopic (exact) mass is 1250 g/mol. The Balaban J connectivity index is 0.977. The number of piperidine rings is 1. The van der Waals surface area contributed by atoms with E-state index < -0.39 is 110 Å². The number of imidazole rings is 2. The van der Waals surface area contributed by atoms with Crippen LogP contribution in [0.4, 0.5) is 42.9 Å². The van der Waals surface area contributed by atoms with Crippen molar-refractivity contribution in [2.24, 2.45) is 5.41 Å². The van der Waals surface area contributed by atoms with Crippen LogP contribution in [0, 0.1) is 34.5 Å². The van der Waals surface area contributed by atoms with Crippen LogP contribution < -0.4 is 20.4 Å². The largest absolute Gasteiger partial charge is 0.471 e. The number of phosphoric ester groups is 1. The first-order valence-electron chi connectivity index (χ1n) is 29.3. The Kier molecular flexibility index (Phi) is 17.6. The zero-order chi connectivity index (χ0) is 62.7. The number of anilines is 2. The van der Waals surface area contributed by atoms with Crippen molar-refractivity contribution in [1.82, 2.24) is 40.0 Å². The molecule has 4 amide bonds. The van der Waals surface area contributed by atoms with Gasteiger partial charge >= 0.3 is 20.0 Å². The van der Waals surface area contributed by atoms with Crippen molar-refractivity contribution in [2.75, 3.05) is 64.4 Å². The molecule has 5 N–H and O–H groups in total. The number of nitrogens with one attached hydrogen (secondary N) is 3. The van der Waals surface area contributed by atoms with E-state index in [0.29, 0.717) is 56.4 Å². The van der Waals surface area contributed by atoms with E-state index in [-0.39, 0.29) is 101 Å².